The molecule has 0 aliphatic carbocycles. The van der Waals surface area contributed by atoms with Gasteiger partial charge in [0.05, 0.1) is 5.48 Å². The summed E-state index contributed by atoms with van der Waals surface area (Å²) in [6.07, 6.45) is 0. The maximum absolute atomic E-state index is 9.36. The number of hydrogen-bond donors (Lipinski definition) is 0. The highest BCUT2D eigenvalue weighted by Gasteiger charge is 2.18. The van der Waals surface area contributed by atoms with Gasteiger partial charge in [0.15, 0.2) is 0 Å². The van der Waals surface area contributed by atoms with Gasteiger partial charge in [-0.05, 0) is 112 Å². The summed E-state index contributed by atoms with van der Waals surface area (Å²) in [6.45, 7) is 0. The van der Waals surface area contributed by atoms with E-state index in [1.807, 2.05) is 24.3 Å². The molecule has 0 saturated heterocycles. The SMILES string of the molecule is [2H]c1c([2H])c([2H])c2c(-c3ccc4ccccc4c3)c3cc(-c4ccc5ccccc5c4)ccc3c(-c3ccc4ccccc4c3)c2c1[2H]. The van der Waals surface area contributed by atoms with E-state index in [4.69, 9.17) is 2.74 Å². The number of hydrogen-bond acceptors (Lipinski definition) is 0. The maximum Gasteiger partial charge on any atom is 0.0629 e. The minimum atomic E-state index is -0.232. The summed E-state index contributed by atoms with van der Waals surface area (Å²) in [7, 11) is 0. The third-order valence-corrected chi connectivity index (χ3v) is 8.90. The van der Waals surface area contributed by atoms with Crippen molar-refractivity contribution in [3.63, 3.8) is 0 Å². The van der Waals surface area contributed by atoms with E-state index in [9.17, 15) is 2.74 Å². The summed E-state index contributed by atoms with van der Waals surface area (Å²) in [5.74, 6) is 0. The molecule has 0 fully saturated rings. The smallest absolute Gasteiger partial charge is 0.0616 e. The molecule has 0 atom stereocenters. The third-order valence-electron chi connectivity index (χ3n) is 8.90. The van der Waals surface area contributed by atoms with Crippen LogP contribution in [-0.4, -0.2) is 0 Å². The summed E-state index contributed by atoms with van der Waals surface area (Å²) in [5, 5.41) is 9.66. The van der Waals surface area contributed by atoms with E-state index >= 15 is 0 Å². The first-order valence-electron chi connectivity index (χ1n) is 16.9. The summed E-state index contributed by atoms with van der Waals surface area (Å²) < 4.78 is 36.2. The highest BCUT2D eigenvalue weighted by atomic mass is 14.2. The average Bonchev–Trinajstić information content (AvgIpc) is 3.14. The molecular formula is C44H28. The van der Waals surface area contributed by atoms with Crippen molar-refractivity contribution in [2.75, 3.05) is 0 Å². The van der Waals surface area contributed by atoms with Gasteiger partial charge in [-0.1, -0.05) is 145 Å². The van der Waals surface area contributed by atoms with Crippen LogP contribution in [0.2, 0.25) is 0 Å². The van der Waals surface area contributed by atoms with Crippen LogP contribution in [0.3, 0.4) is 0 Å². The zero-order valence-electron chi connectivity index (χ0n) is 27.9. The Kier molecular flexibility index (Phi) is 4.75. The van der Waals surface area contributed by atoms with Crippen LogP contribution >= 0.6 is 0 Å². The van der Waals surface area contributed by atoms with E-state index in [0.29, 0.717) is 10.8 Å². The van der Waals surface area contributed by atoms with Crippen molar-refractivity contribution in [1.29, 1.82) is 0 Å². The van der Waals surface area contributed by atoms with Crippen molar-refractivity contribution in [2.45, 2.75) is 0 Å². The minimum Gasteiger partial charge on any atom is -0.0616 e. The zero-order valence-corrected chi connectivity index (χ0v) is 23.9. The first-order valence-corrected chi connectivity index (χ1v) is 14.9. The van der Waals surface area contributed by atoms with Crippen molar-refractivity contribution >= 4 is 53.9 Å². The lowest BCUT2D eigenvalue weighted by Crippen LogP contribution is -1.92. The monoisotopic (exact) mass is 560 g/mol. The molecule has 0 aromatic heterocycles. The second-order valence-corrected chi connectivity index (χ2v) is 11.4. The molecule has 9 rings (SSSR count). The predicted molar refractivity (Wildman–Crippen MR) is 190 cm³/mol. The van der Waals surface area contributed by atoms with Crippen molar-refractivity contribution in [2.24, 2.45) is 0 Å². The molecule has 0 nitrogen and oxygen atoms in total. The van der Waals surface area contributed by atoms with E-state index in [0.717, 1.165) is 71.1 Å². The Morgan fingerprint density at radius 1 is 0.295 bits per heavy atom. The second-order valence-electron chi connectivity index (χ2n) is 11.4. The lowest BCUT2D eigenvalue weighted by Gasteiger charge is -2.19. The van der Waals surface area contributed by atoms with E-state index in [2.05, 4.69) is 121 Å². The molecule has 44 heavy (non-hydrogen) atoms. The van der Waals surface area contributed by atoms with Gasteiger partial charge in [0, 0.05) is 0 Å². The fraction of sp³-hybridized carbons (Fsp3) is 0. The molecule has 204 valence electrons. The van der Waals surface area contributed by atoms with Crippen molar-refractivity contribution in [1.82, 2.24) is 0 Å². The molecule has 0 aliphatic heterocycles. The van der Waals surface area contributed by atoms with Crippen LogP contribution in [0, 0.1) is 0 Å². The Morgan fingerprint density at radius 3 is 1.20 bits per heavy atom. The summed E-state index contributed by atoms with van der Waals surface area (Å²) >= 11 is 0. The van der Waals surface area contributed by atoms with E-state index in [1.165, 1.54) is 5.39 Å². The molecule has 0 N–H and O–H groups in total. The standard InChI is InChI=1S/C44H28/c1-4-12-32-25-35(20-17-29(32)9-1)36-23-24-41-42(28-36)44(38-22-19-31-11-3-6-14-34(31)27-38)40-16-8-7-15-39(40)43(41)37-21-18-30-10-2-5-13-33(30)26-37/h1-28H/i7D,8D,15D,16D. The molecule has 0 aliphatic rings. The van der Waals surface area contributed by atoms with Gasteiger partial charge < -0.3 is 0 Å². The molecule has 0 spiro atoms. The van der Waals surface area contributed by atoms with Gasteiger partial charge >= 0.3 is 0 Å². The lowest BCUT2D eigenvalue weighted by molar-refractivity contribution is 1.66. The first kappa shape index (κ1) is 21.0. The Hall–Kier alpha value is -5.72. The quantitative estimate of drug-likeness (QED) is 0.189. The molecule has 0 bridgehead atoms. The molecule has 0 heterocycles. The fourth-order valence-corrected chi connectivity index (χ4v) is 6.76. The van der Waals surface area contributed by atoms with E-state index < -0.39 is 0 Å². The van der Waals surface area contributed by atoms with Gasteiger partial charge in [0.2, 0.25) is 0 Å². The normalized spacial score (nSPS) is 12.9. The van der Waals surface area contributed by atoms with Gasteiger partial charge in [-0.25, -0.2) is 0 Å². The van der Waals surface area contributed by atoms with Crippen LogP contribution in [0.25, 0.3) is 87.2 Å². The molecule has 0 heteroatoms. The van der Waals surface area contributed by atoms with Gasteiger partial charge in [0.1, 0.15) is 0 Å². The summed E-state index contributed by atoms with van der Waals surface area (Å²) in [6, 6.07) is 49.9. The second kappa shape index (κ2) is 9.93. The molecule has 9 aromatic carbocycles. The van der Waals surface area contributed by atoms with Crippen LogP contribution in [0.5, 0.6) is 0 Å². The van der Waals surface area contributed by atoms with Crippen LogP contribution in [0.1, 0.15) is 5.48 Å². The van der Waals surface area contributed by atoms with Gasteiger partial charge in [0.25, 0.3) is 0 Å². The number of rotatable bonds is 3. The molecule has 0 unspecified atom stereocenters. The molecule has 0 amide bonds. The Morgan fingerprint density at radius 2 is 0.682 bits per heavy atom. The average molecular weight is 561 g/mol. The fourth-order valence-electron chi connectivity index (χ4n) is 6.76. The van der Waals surface area contributed by atoms with Crippen molar-refractivity contribution in [3.8, 4) is 33.4 Å². The minimum absolute atomic E-state index is 0.0308. The highest BCUT2D eigenvalue weighted by Crippen LogP contribution is 2.45. The van der Waals surface area contributed by atoms with Crippen LogP contribution < -0.4 is 0 Å². The molecule has 9 aromatic rings. The Bertz CT molecular complexity index is 2780. The number of fused-ring (bicyclic) bond motifs is 5. The van der Waals surface area contributed by atoms with Gasteiger partial charge in [-0.3, -0.25) is 0 Å². The number of benzene rings is 9. The van der Waals surface area contributed by atoms with Crippen molar-refractivity contribution in [3.05, 3.63) is 170 Å². The summed E-state index contributed by atoms with van der Waals surface area (Å²) in [5.41, 5.74) is 5.58. The first-order chi connectivity index (χ1) is 23.5. The Labute approximate surface area is 262 Å². The van der Waals surface area contributed by atoms with Crippen molar-refractivity contribution < 1.29 is 5.48 Å². The van der Waals surface area contributed by atoms with E-state index in [1.54, 1.807) is 0 Å². The topological polar surface area (TPSA) is 0 Å². The van der Waals surface area contributed by atoms with Gasteiger partial charge in [-0.2, -0.15) is 0 Å². The highest BCUT2D eigenvalue weighted by molar-refractivity contribution is 6.22. The van der Waals surface area contributed by atoms with Crippen LogP contribution in [0.15, 0.2) is 170 Å². The maximum atomic E-state index is 9.36. The molecule has 0 saturated carbocycles. The molecule has 0 radical (unpaired) electrons. The third kappa shape index (κ3) is 4.00. The summed E-state index contributed by atoms with van der Waals surface area (Å²) in [4.78, 5) is 0. The van der Waals surface area contributed by atoms with E-state index in [-0.39, 0.29) is 24.2 Å². The largest absolute Gasteiger partial charge is 0.0629 e. The predicted octanol–water partition coefficient (Wildman–Crippen LogP) is 12.5. The van der Waals surface area contributed by atoms with Crippen LogP contribution in [0.4, 0.5) is 0 Å². The Balaban J connectivity index is 1.47. The van der Waals surface area contributed by atoms with Crippen LogP contribution in [-0.2, 0) is 0 Å². The zero-order chi connectivity index (χ0) is 32.5. The molecular weight excluding hydrogens is 528 g/mol. The lowest BCUT2D eigenvalue weighted by atomic mass is 9.84. The van der Waals surface area contributed by atoms with Gasteiger partial charge in [-0.15, -0.1) is 0 Å².